The van der Waals surface area contributed by atoms with Crippen LogP contribution in [-0.4, -0.2) is 52.0 Å². The lowest BCUT2D eigenvalue weighted by atomic mass is 10.2. The molecule has 9 heteroatoms. The summed E-state index contributed by atoms with van der Waals surface area (Å²) in [6.45, 7) is 3.14. The summed E-state index contributed by atoms with van der Waals surface area (Å²) in [5.41, 5.74) is 0.756. The Balaban J connectivity index is 2.25. The minimum atomic E-state index is -4.06. The summed E-state index contributed by atoms with van der Waals surface area (Å²) in [4.78, 5) is 12.4. The van der Waals surface area contributed by atoms with Crippen LogP contribution in [0.2, 0.25) is 5.02 Å². The molecule has 1 N–H and O–H groups in total. The molecule has 2 rings (SSSR count). The van der Waals surface area contributed by atoms with Gasteiger partial charge in [0.05, 0.1) is 13.7 Å². The topological polar surface area (TPSA) is 84.9 Å². The van der Waals surface area contributed by atoms with Crippen molar-refractivity contribution in [2.45, 2.75) is 24.8 Å². The number of hydrogen-bond donors (Lipinski definition) is 1. The Morgan fingerprint density at radius 1 is 1.17 bits per heavy atom. The molecule has 2 aromatic carbocycles. The summed E-state index contributed by atoms with van der Waals surface area (Å²) in [6.07, 6.45) is 0.646. The highest BCUT2D eigenvalue weighted by molar-refractivity contribution is 7.89. The van der Waals surface area contributed by atoms with Crippen LogP contribution in [0.5, 0.6) is 5.75 Å². The highest BCUT2D eigenvalue weighted by atomic mass is 35.5. The molecule has 0 atom stereocenters. The lowest BCUT2D eigenvalue weighted by Crippen LogP contribution is -2.40. The first kappa shape index (κ1) is 24.1. The molecule has 0 aliphatic heterocycles. The van der Waals surface area contributed by atoms with E-state index in [9.17, 15) is 13.2 Å². The summed E-state index contributed by atoms with van der Waals surface area (Å²) >= 11 is 6.03. The van der Waals surface area contributed by atoms with Gasteiger partial charge in [0.1, 0.15) is 10.6 Å². The predicted octanol–water partition coefficient (Wildman–Crippen LogP) is 3.08. The summed E-state index contributed by atoms with van der Waals surface area (Å²) in [6, 6.07) is 13.4. The number of halogens is 1. The van der Waals surface area contributed by atoms with Gasteiger partial charge < -0.3 is 14.8 Å². The van der Waals surface area contributed by atoms with Gasteiger partial charge in [0, 0.05) is 31.3 Å². The highest BCUT2D eigenvalue weighted by Crippen LogP contribution is 2.30. The standard InChI is InChI=1S/C21H27ClN2O5S/c1-3-29-13-7-12-23-21(25)16-24(15-17-8-5-4-6-9-17)30(26,27)20-14-18(22)10-11-19(20)28-2/h4-6,8-11,14H,3,7,12-13,15-16H2,1-2H3,(H,23,25). The first-order valence-corrected chi connectivity index (χ1v) is 11.4. The second kappa shape index (κ2) is 11.9. The molecule has 0 saturated heterocycles. The largest absolute Gasteiger partial charge is 0.495 e. The smallest absolute Gasteiger partial charge is 0.247 e. The first-order chi connectivity index (χ1) is 14.4. The Hall–Kier alpha value is -2.13. The molecule has 0 spiro atoms. The number of hydrogen-bond acceptors (Lipinski definition) is 5. The van der Waals surface area contributed by atoms with Crippen molar-refractivity contribution in [2.75, 3.05) is 33.4 Å². The van der Waals surface area contributed by atoms with E-state index in [1.54, 1.807) is 18.2 Å². The molecular formula is C21H27ClN2O5S. The van der Waals surface area contributed by atoms with Crippen LogP contribution in [0, 0.1) is 0 Å². The maximum absolute atomic E-state index is 13.4. The normalized spacial score (nSPS) is 11.5. The van der Waals surface area contributed by atoms with Crippen LogP contribution >= 0.6 is 11.6 Å². The number of amides is 1. The average Bonchev–Trinajstić information content (AvgIpc) is 2.74. The number of sulfonamides is 1. The number of benzene rings is 2. The molecule has 1 amide bonds. The number of ether oxygens (including phenoxy) is 2. The van der Waals surface area contributed by atoms with E-state index in [2.05, 4.69) is 5.32 Å². The molecule has 164 valence electrons. The van der Waals surface area contributed by atoms with Crippen molar-refractivity contribution in [3.05, 3.63) is 59.1 Å². The van der Waals surface area contributed by atoms with Crippen molar-refractivity contribution in [3.63, 3.8) is 0 Å². The highest BCUT2D eigenvalue weighted by Gasteiger charge is 2.30. The maximum atomic E-state index is 13.4. The fraction of sp³-hybridized carbons (Fsp3) is 0.381. The molecule has 7 nitrogen and oxygen atoms in total. The van der Waals surface area contributed by atoms with Crippen LogP contribution in [0.1, 0.15) is 18.9 Å². The van der Waals surface area contributed by atoms with Gasteiger partial charge >= 0.3 is 0 Å². The molecular weight excluding hydrogens is 428 g/mol. The number of methoxy groups -OCH3 is 1. The molecule has 2 aromatic rings. The van der Waals surface area contributed by atoms with Gasteiger partial charge in [-0.2, -0.15) is 4.31 Å². The zero-order valence-electron chi connectivity index (χ0n) is 17.1. The number of rotatable bonds is 12. The van der Waals surface area contributed by atoms with E-state index in [4.69, 9.17) is 21.1 Å². The lowest BCUT2D eigenvalue weighted by molar-refractivity contribution is -0.121. The number of nitrogens with one attached hydrogen (secondary N) is 1. The van der Waals surface area contributed by atoms with E-state index in [-0.39, 0.29) is 28.8 Å². The summed E-state index contributed by atoms with van der Waals surface area (Å²) in [5, 5.41) is 3.00. The number of carbonyl (C=O) groups excluding carboxylic acids is 1. The van der Waals surface area contributed by atoms with E-state index in [1.807, 2.05) is 25.1 Å². The van der Waals surface area contributed by atoms with Crippen LogP contribution in [-0.2, 0) is 26.1 Å². The van der Waals surface area contributed by atoms with Gasteiger partial charge in [0.15, 0.2) is 0 Å². The van der Waals surface area contributed by atoms with Crippen LogP contribution < -0.4 is 10.1 Å². The number of carbonyl (C=O) groups is 1. The Labute approximate surface area is 183 Å². The third kappa shape index (κ3) is 6.98. The maximum Gasteiger partial charge on any atom is 0.247 e. The zero-order valence-corrected chi connectivity index (χ0v) is 18.7. The Bertz CT molecular complexity index is 922. The van der Waals surface area contributed by atoms with Gasteiger partial charge in [0.25, 0.3) is 0 Å². The summed E-state index contributed by atoms with van der Waals surface area (Å²) in [7, 11) is -2.68. The van der Waals surface area contributed by atoms with E-state index >= 15 is 0 Å². The van der Waals surface area contributed by atoms with Crippen LogP contribution in [0.15, 0.2) is 53.4 Å². The van der Waals surface area contributed by atoms with Crippen LogP contribution in [0.4, 0.5) is 0 Å². The van der Waals surface area contributed by atoms with Crippen LogP contribution in [0.25, 0.3) is 0 Å². The van der Waals surface area contributed by atoms with Crippen molar-refractivity contribution in [1.29, 1.82) is 0 Å². The van der Waals surface area contributed by atoms with Gasteiger partial charge in [-0.1, -0.05) is 41.9 Å². The fourth-order valence-electron chi connectivity index (χ4n) is 2.77. The molecule has 30 heavy (non-hydrogen) atoms. The molecule has 0 aromatic heterocycles. The van der Waals surface area contributed by atoms with E-state index in [0.717, 1.165) is 9.87 Å². The van der Waals surface area contributed by atoms with Crippen molar-refractivity contribution < 1.29 is 22.7 Å². The Kier molecular flexibility index (Phi) is 9.58. The van der Waals surface area contributed by atoms with Gasteiger partial charge in [0.2, 0.25) is 15.9 Å². The van der Waals surface area contributed by atoms with Gasteiger partial charge in [-0.25, -0.2) is 8.42 Å². The van der Waals surface area contributed by atoms with Crippen molar-refractivity contribution in [3.8, 4) is 5.75 Å². The minimum Gasteiger partial charge on any atom is -0.495 e. The fourth-order valence-corrected chi connectivity index (χ4v) is 4.57. The SMILES string of the molecule is CCOCCCNC(=O)CN(Cc1ccccc1)S(=O)(=O)c1cc(Cl)ccc1OC. The van der Waals surface area contributed by atoms with E-state index in [1.165, 1.54) is 19.2 Å². The quantitative estimate of drug-likeness (QED) is 0.498. The third-order valence-corrected chi connectivity index (χ3v) is 6.30. The average molecular weight is 455 g/mol. The molecule has 0 heterocycles. The molecule has 0 unspecified atom stereocenters. The molecule has 0 saturated carbocycles. The second-order valence-corrected chi connectivity index (χ2v) is 8.80. The molecule has 0 aliphatic rings. The summed E-state index contributed by atoms with van der Waals surface area (Å²) < 4.78 is 38.4. The zero-order chi connectivity index (χ0) is 22.0. The molecule has 0 bridgehead atoms. The Morgan fingerprint density at radius 2 is 1.90 bits per heavy atom. The van der Waals surface area contributed by atoms with Crippen LogP contribution in [0.3, 0.4) is 0 Å². The number of nitrogens with zero attached hydrogens (tertiary/aromatic N) is 1. The van der Waals surface area contributed by atoms with Crippen molar-refractivity contribution >= 4 is 27.5 Å². The van der Waals surface area contributed by atoms with E-state index in [0.29, 0.717) is 26.2 Å². The lowest BCUT2D eigenvalue weighted by Gasteiger charge is -2.23. The van der Waals surface area contributed by atoms with Crippen molar-refractivity contribution in [1.82, 2.24) is 9.62 Å². The van der Waals surface area contributed by atoms with Gasteiger partial charge in [-0.15, -0.1) is 0 Å². The van der Waals surface area contributed by atoms with Crippen molar-refractivity contribution in [2.24, 2.45) is 0 Å². The molecule has 0 radical (unpaired) electrons. The third-order valence-electron chi connectivity index (χ3n) is 4.26. The summed E-state index contributed by atoms with van der Waals surface area (Å²) in [5.74, 6) is -0.235. The second-order valence-electron chi connectivity index (χ2n) is 6.45. The monoisotopic (exact) mass is 454 g/mol. The molecule has 0 aliphatic carbocycles. The molecule has 0 fully saturated rings. The Morgan fingerprint density at radius 3 is 2.57 bits per heavy atom. The minimum absolute atomic E-state index is 0.0329. The predicted molar refractivity (Wildman–Crippen MR) is 116 cm³/mol. The van der Waals surface area contributed by atoms with Gasteiger partial charge in [-0.05, 0) is 37.1 Å². The first-order valence-electron chi connectivity index (χ1n) is 9.60. The van der Waals surface area contributed by atoms with Gasteiger partial charge in [-0.3, -0.25) is 4.79 Å². The van der Waals surface area contributed by atoms with E-state index < -0.39 is 15.9 Å².